The maximum absolute atomic E-state index is 11.7. The lowest BCUT2D eigenvalue weighted by atomic mass is 9.87. The Morgan fingerprint density at radius 3 is 2.70 bits per heavy atom. The van der Waals surface area contributed by atoms with Gasteiger partial charge in [-0.1, -0.05) is 26.2 Å². The topological polar surface area (TPSA) is 56.7 Å². The third-order valence-electron chi connectivity index (χ3n) is 4.73. The van der Waals surface area contributed by atoms with Crippen LogP contribution in [0.2, 0.25) is 0 Å². The molecule has 2 rings (SSSR count). The molecule has 6 heteroatoms. The molecule has 132 valence electrons. The van der Waals surface area contributed by atoms with Crippen LogP contribution in [0.3, 0.4) is 0 Å². The Bertz CT molecular complexity index is 402. The van der Waals surface area contributed by atoms with Crippen molar-refractivity contribution in [2.75, 3.05) is 39.0 Å². The molecule has 0 aromatic rings. The monoisotopic (exact) mass is 340 g/mol. The molecule has 0 radical (unpaired) electrons. The van der Waals surface area contributed by atoms with Crippen molar-refractivity contribution >= 4 is 23.6 Å². The van der Waals surface area contributed by atoms with E-state index in [2.05, 4.69) is 39.2 Å². The zero-order valence-electron chi connectivity index (χ0n) is 14.7. The van der Waals surface area contributed by atoms with E-state index in [1.54, 1.807) is 0 Å². The first-order chi connectivity index (χ1) is 11.2. The molecule has 5 nitrogen and oxygen atoms in total. The van der Waals surface area contributed by atoms with Crippen LogP contribution in [0.15, 0.2) is 4.99 Å². The molecule has 1 heterocycles. The largest absolute Gasteiger partial charge is 0.356 e. The Labute approximate surface area is 145 Å². The predicted molar refractivity (Wildman–Crippen MR) is 99.1 cm³/mol. The van der Waals surface area contributed by atoms with Gasteiger partial charge in [-0.05, 0) is 19.3 Å². The number of aliphatic imine (C=N–C) groups is 1. The summed E-state index contributed by atoms with van der Waals surface area (Å²) in [5.41, 5.74) is 0. The summed E-state index contributed by atoms with van der Waals surface area (Å²) in [5.74, 6) is 2.25. The smallest absolute Gasteiger partial charge is 0.221 e. The average molecular weight is 341 g/mol. The molecular formula is C17H32N4OS. The molecule has 0 aromatic carbocycles. The highest BCUT2D eigenvalue weighted by molar-refractivity contribution is 8.00. The molecule has 0 bridgehead atoms. The van der Waals surface area contributed by atoms with Gasteiger partial charge in [-0.15, -0.1) is 0 Å². The van der Waals surface area contributed by atoms with Crippen LogP contribution >= 0.6 is 11.8 Å². The Balaban J connectivity index is 1.79. The van der Waals surface area contributed by atoms with E-state index in [0.717, 1.165) is 32.0 Å². The van der Waals surface area contributed by atoms with Gasteiger partial charge >= 0.3 is 0 Å². The fourth-order valence-electron chi connectivity index (χ4n) is 3.50. The number of guanidine groups is 1. The highest BCUT2D eigenvalue weighted by Gasteiger charge is 2.38. The molecule has 1 amide bonds. The quantitative estimate of drug-likeness (QED) is 0.595. The first-order valence-electron chi connectivity index (χ1n) is 9.05. The second kappa shape index (κ2) is 9.40. The van der Waals surface area contributed by atoms with Crippen molar-refractivity contribution < 1.29 is 4.79 Å². The Kier molecular flexibility index (Phi) is 7.53. The van der Waals surface area contributed by atoms with Crippen LogP contribution in [0.4, 0.5) is 0 Å². The Morgan fingerprint density at radius 2 is 2.00 bits per heavy atom. The number of rotatable bonds is 5. The number of nitrogens with zero attached hydrogens (tertiary/aromatic N) is 2. The Morgan fingerprint density at radius 1 is 1.22 bits per heavy atom. The maximum Gasteiger partial charge on any atom is 0.221 e. The molecule has 0 unspecified atom stereocenters. The zero-order valence-corrected chi connectivity index (χ0v) is 15.5. The van der Waals surface area contributed by atoms with Crippen LogP contribution in [0, 0.1) is 0 Å². The van der Waals surface area contributed by atoms with Crippen molar-refractivity contribution in [1.82, 2.24) is 15.5 Å². The van der Waals surface area contributed by atoms with E-state index in [1.165, 1.54) is 37.9 Å². The fourth-order valence-corrected chi connectivity index (χ4v) is 5.07. The first-order valence-corrected chi connectivity index (χ1v) is 10.0. The van der Waals surface area contributed by atoms with Crippen molar-refractivity contribution in [1.29, 1.82) is 0 Å². The van der Waals surface area contributed by atoms with Gasteiger partial charge in [0.1, 0.15) is 0 Å². The van der Waals surface area contributed by atoms with Crippen molar-refractivity contribution in [3.63, 3.8) is 0 Å². The van der Waals surface area contributed by atoms with Gasteiger partial charge in [0.25, 0.3) is 0 Å². The van der Waals surface area contributed by atoms with Crippen LogP contribution in [-0.2, 0) is 4.79 Å². The minimum Gasteiger partial charge on any atom is -0.356 e. The standard InChI is InChI=1S/C17H32N4OS/c1-3-10-19-15(22)7-11-20-16(18-2)21-12-13-23-17(14-21)8-5-4-6-9-17/h3-14H2,1-2H3,(H,18,20)(H,19,22). The summed E-state index contributed by atoms with van der Waals surface area (Å²) in [6.45, 7) is 5.63. The van der Waals surface area contributed by atoms with Crippen LogP contribution in [0.5, 0.6) is 0 Å². The van der Waals surface area contributed by atoms with Gasteiger partial charge in [-0.3, -0.25) is 9.79 Å². The number of carbonyl (C=O) groups excluding carboxylic acids is 1. The van der Waals surface area contributed by atoms with E-state index in [4.69, 9.17) is 0 Å². The molecule has 2 N–H and O–H groups in total. The highest BCUT2D eigenvalue weighted by atomic mass is 32.2. The first kappa shape index (κ1) is 18.4. The Hall–Kier alpha value is -0.910. The molecule has 1 spiro atoms. The van der Waals surface area contributed by atoms with E-state index < -0.39 is 0 Å². The average Bonchev–Trinajstić information content (AvgIpc) is 2.57. The summed E-state index contributed by atoms with van der Waals surface area (Å²) in [6.07, 6.45) is 8.29. The summed E-state index contributed by atoms with van der Waals surface area (Å²) >= 11 is 2.17. The van der Waals surface area contributed by atoms with Crippen LogP contribution in [-0.4, -0.2) is 60.5 Å². The van der Waals surface area contributed by atoms with Crippen molar-refractivity contribution in [2.45, 2.75) is 56.6 Å². The number of hydrogen-bond acceptors (Lipinski definition) is 3. The number of nitrogens with one attached hydrogen (secondary N) is 2. The molecule has 2 fully saturated rings. The minimum absolute atomic E-state index is 0.118. The third-order valence-corrected chi connectivity index (χ3v) is 6.27. The SMILES string of the molecule is CCCNC(=O)CCNC(=NC)N1CCSC2(CCCCC2)C1. The van der Waals surface area contributed by atoms with Crippen molar-refractivity contribution in [2.24, 2.45) is 4.99 Å². The number of amides is 1. The van der Waals surface area contributed by atoms with E-state index in [0.29, 0.717) is 17.7 Å². The lowest BCUT2D eigenvalue weighted by molar-refractivity contribution is -0.120. The fraction of sp³-hybridized carbons (Fsp3) is 0.882. The van der Waals surface area contributed by atoms with E-state index in [1.807, 2.05) is 7.05 Å². The predicted octanol–water partition coefficient (Wildman–Crippen LogP) is 2.23. The number of carbonyl (C=O) groups is 1. The molecule has 0 aromatic heterocycles. The van der Waals surface area contributed by atoms with Crippen LogP contribution in [0.1, 0.15) is 51.9 Å². The van der Waals surface area contributed by atoms with Gasteiger partial charge in [0, 0.05) is 50.1 Å². The lowest BCUT2D eigenvalue weighted by Gasteiger charge is -2.45. The molecule has 2 aliphatic rings. The second-order valence-electron chi connectivity index (χ2n) is 6.59. The normalized spacial score (nSPS) is 21.3. The van der Waals surface area contributed by atoms with Gasteiger partial charge in [-0.2, -0.15) is 11.8 Å². The summed E-state index contributed by atoms with van der Waals surface area (Å²) in [7, 11) is 1.84. The van der Waals surface area contributed by atoms with E-state index in [9.17, 15) is 4.79 Å². The highest BCUT2D eigenvalue weighted by Crippen LogP contribution is 2.42. The third kappa shape index (κ3) is 5.59. The minimum atomic E-state index is 0.118. The second-order valence-corrected chi connectivity index (χ2v) is 8.15. The summed E-state index contributed by atoms with van der Waals surface area (Å²) in [4.78, 5) is 18.5. The molecular weight excluding hydrogens is 308 g/mol. The van der Waals surface area contributed by atoms with Gasteiger partial charge in [0.05, 0.1) is 0 Å². The molecule has 23 heavy (non-hydrogen) atoms. The molecule has 0 atom stereocenters. The van der Waals surface area contributed by atoms with E-state index >= 15 is 0 Å². The molecule has 1 aliphatic heterocycles. The van der Waals surface area contributed by atoms with Gasteiger partial charge in [0.15, 0.2) is 5.96 Å². The zero-order chi connectivity index (χ0) is 16.5. The molecule has 1 aliphatic carbocycles. The maximum atomic E-state index is 11.7. The lowest BCUT2D eigenvalue weighted by Crippen LogP contribution is -2.53. The summed E-state index contributed by atoms with van der Waals surface area (Å²) in [5, 5.41) is 6.29. The summed E-state index contributed by atoms with van der Waals surface area (Å²) in [6, 6.07) is 0. The molecule has 1 saturated heterocycles. The van der Waals surface area contributed by atoms with Crippen molar-refractivity contribution in [3.8, 4) is 0 Å². The summed E-state index contributed by atoms with van der Waals surface area (Å²) < 4.78 is 0.437. The van der Waals surface area contributed by atoms with Crippen LogP contribution in [0.25, 0.3) is 0 Å². The van der Waals surface area contributed by atoms with Crippen LogP contribution < -0.4 is 10.6 Å². The number of hydrogen-bond donors (Lipinski definition) is 2. The van der Waals surface area contributed by atoms with E-state index in [-0.39, 0.29) is 5.91 Å². The van der Waals surface area contributed by atoms with Gasteiger partial charge < -0.3 is 15.5 Å². The van der Waals surface area contributed by atoms with Crippen molar-refractivity contribution in [3.05, 3.63) is 0 Å². The molecule has 1 saturated carbocycles. The van der Waals surface area contributed by atoms with Gasteiger partial charge in [-0.25, -0.2) is 0 Å². The number of thioether (sulfide) groups is 1. The van der Waals surface area contributed by atoms with Gasteiger partial charge in [0.2, 0.25) is 5.91 Å².